The topological polar surface area (TPSA) is 85.9 Å². The quantitative estimate of drug-likeness (QED) is 0.686. The van der Waals surface area contributed by atoms with Crippen LogP contribution in [0.4, 0.5) is 9.59 Å². The van der Waals surface area contributed by atoms with E-state index in [0.29, 0.717) is 34.3 Å². The highest BCUT2D eigenvalue weighted by Crippen LogP contribution is 2.46. The molecule has 0 aromatic heterocycles. The highest BCUT2D eigenvalue weighted by molar-refractivity contribution is 6.00. The second kappa shape index (κ2) is 8.97. The molecule has 0 aliphatic heterocycles. The molecule has 0 aliphatic rings. The van der Waals surface area contributed by atoms with Crippen LogP contribution in [0.5, 0.6) is 17.2 Å². The Hall–Kier alpha value is -3.74. The van der Waals surface area contributed by atoms with Crippen LogP contribution in [0.15, 0.2) is 54.6 Å². The summed E-state index contributed by atoms with van der Waals surface area (Å²) in [6, 6.07) is 16.9. The fourth-order valence-corrected chi connectivity index (χ4v) is 3.09. The van der Waals surface area contributed by atoms with Crippen molar-refractivity contribution in [2.75, 3.05) is 21.2 Å². The van der Waals surface area contributed by atoms with E-state index in [-0.39, 0.29) is 5.75 Å². The van der Waals surface area contributed by atoms with Crippen molar-refractivity contribution in [1.29, 1.82) is 0 Å². The van der Waals surface area contributed by atoms with Gasteiger partial charge in [0.1, 0.15) is 5.75 Å². The summed E-state index contributed by atoms with van der Waals surface area (Å²) < 4.78 is 16.8. The average Bonchev–Trinajstić information content (AvgIpc) is 2.76. The smallest absolute Gasteiger partial charge is 0.412 e. The zero-order valence-corrected chi connectivity index (χ0v) is 16.4. The van der Waals surface area contributed by atoms with Gasteiger partial charge in [-0.05, 0) is 5.56 Å². The number of hydrogen-bond donors (Lipinski definition) is 2. The minimum atomic E-state index is -0.626. The monoisotopic (exact) mass is 394 g/mol. The second-order valence-electron chi connectivity index (χ2n) is 6.16. The SMILES string of the molecule is CNC(=O)Oc1c(Cc2ccccc2)c(OC)c(OC(=O)NC)c2ccccc12. The predicted octanol–water partition coefficient (Wildman–Crippen LogP) is 3.88. The van der Waals surface area contributed by atoms with Gasteiger partial charge in [-0.25, -0.2) is 9.59 Å². The van der Waals surface area contributed by atoms with E-state index >= 15 is 0 Å². The average molecular weight is 394 g/mol. The van der Waals surface area contributed by atoms with Crippen molar-refractivity contribution in [2.24, 2.45) is 0 Å². The van der Waals surface area contributed by atoms with Gasteiger partial charge in [-0.3, -0.25) is 0 Å². The number of methoxy groups -OCH3 is 1. The summed E-state index contributed by atoms with van der Waals surface area (Å²) >= 11 is 0. The number of hydrogen-bond acceptors (Lipinski definition) is 5. The molecule has 0 radical (unpaired) electrons. The number of rotatable bonds is 5. The molecule has 2 N–H and O–H groups in total. The van der Waals surface area contributed by atoms with Gasteiger partial charge in [0.05, 0.1) is 7.11 Å². The first-order valence-corrected chi connectivity index (χ1v) is 9.03. The van der Waals surface area contributed by atoms with E-state index in [4.69, 9.17) is 14.2 Å². The van der Waals surface area contributed by atoms with Gasteiger partial charge >= 0.3 is 12.2 Å². The van der Waals surface area contributed by atoms with Crippen molar-refractivity contribution in [3.8, 4) is 17.2 Å². The number of nitrogens with one attached hydrogen (secondary N) is 2. The lowest BCUT2D eigenvalue weighted by molar-refractivity contribution is 0.199. The molecule has 29 heavy (non-hydrogen) atoms. The first kappa shape index (κ1) is 20.0. The Bertz CT molecular complexity index is 1030. The summed E-state index contributed by atoms with van der Waals surface area (Å²) in [4.78, 5) is 24.1. The van der Waals surface area contributed by atoms with E-state index in [0.717, 1.165) is 5.56 Å². The second-order valence-corrected chi connectivity index (χ2v) is 6.16. The molecule has 0 spiro atoms. The van der Waals surface area contributed by atoms with Crippen molar-refractivity contribution in [1.82, 2.24) is 10.6 Å². The molecule has 3 rings (SSSR count). The van der Waals surface area contributed by atoms with Gasteiger partial charge in [0.2, 0.25) is 0 Å². The third kappa shape index (κ3) is 4.24. The Morgan fingerprint density at radius 2 is 1.28 bits per heavy atom. The Balaban J connectivity index is 2.31. The molecule has 2 amide bonds. The lowest BCUT2D eigenvalue weighted by atomic mass is 9.97. The molecule has 7 heteroatoms. The molecule has 0 heterocycles. The summed E-state index contributed by atoms with van der Waals surface area (Å²) in [7, 11) is 4.45. The lowest BCUT2D eigenvalue weighted by Crippen LogP contribution is -2.24. The molecule has 150 valence electrons. The summed E-state index contributed by atoms with van der Waals surface area (Å²) in [5, 5.41) is 6.12. The molecule has 0 fully saturated rings. The number of fused-ring (bicyclic) bond motifs is 1. The van der Waals surface area contributed by atoms with Crippen LogP contribution in [0, 0.1) is 0 Å². The standard InChI is InChI=1S/C22H22N2O5/c1-23-21(25)28-18-15-11-7-8-12-16(15)20(29-22(26)24-2)19(27-3)17(18)13-14-9-5-4-6-10-14/h4-12H,13H2,1-3H3,(H,23,25)(H,24,26). The van der Waals surface area contributed by atoms with Gasteiger partial charge in [0.15, 0.2) is 11.5 Å². The largest absolute Gasteiger partial charge is 0.492 e. The van der Waals surface area contributed by atoms with Crippen molar-refractivity contribution in [3.63, 3.8) is 0 Å². The normalized spacial score (nSPS) is 10.3. The van der Waals surface area contributed by atoms with Crippen LogP contribution in [-0.4, -0.2) is 33.4 Å². The third-order valence-electron chi connectivity index (χ3n) is 4.40. The van der Waals surface area contributed by atoms with Crippen molar-refractivity contribution < 1.29 is 23.8 Å². The van der Waals surface area contributed by atoms with Crippen molar-refractivity contribution in [3.05, 3.63) is 65.7 Å². The van der Waals surface area contributed by atoms with E-state index in [9.17, 15) is 9.59 Å². The number of ether oxygens (including phenoxy) is 3. The molecule has 0 unspecified atom stereocenters. The summed E-state index contributed by atoms with van der Waals surface area (Å²) in [5.74, 6) is 0.942. The fourth-order valence-electron chi connectivity index (χ4n) is 3.09. The minimum Gasteiger partial charge on any atom is -0.492 e. The van der Waals surface area contributed by atoms with E-state index in [1.54, 1.807) is 18.2 Å². The van der Waals surface area contributed by atoms with Gasteiger partial charge in [-0.15, -0.1) is 0 Å². The number of amides is 2. The molecule has 0 aliphatic carbocycles. The van der Waals surface area contributed by atoms with Gasteiger partial charge in [0, 0.05) is 36.9 Å². The predicted molar refractivity (Wildman–Crippen MR) is 110 cm³/mol. The molecule has 0 saturated heterocycles. The molecule has 3 aromatic carbocycles. The van der Waals surface area contributed by atoms with Gasteiger partial charge in [-0.1, -0.05) is 54.6 Å². The molecule has 3 aromatic rings. The Kier molecular flexibility index (Phi) is 6.19. The first-order chi connectivity index (χ1) is 14.1. The van der Waals surface area contributed by atoms with E-state index < -0.39 is 12.2 Å². The molecule has 0 atom stereocenters. The molecule has 7 nitrogen and oxygen atoms in total. The fraction of sp³-hybridized carbons (Fsp3) is 0.182. The Morgan fingerprint density at radius 3 is 1.83 bits per heavy atom. The lowest BCUT2D eigenvalue weighted by Gasteiger charge is -2.20. The Labute approximate surface area is 168 Å². The zero-order chi connectivity index (χ0) is 20.8. The highest BCUT2D eigenvalue weighted by atomic mass is 16.6. The highest BCUT2D eigenvalue weighted by Gasteiger charge is 2.25. The van der Waals surface area contributed by atoms with Crippen LogP contribution < -0.4 is 24.8 Å². The van der Waals surface area contributed by atoms with Crippen LogP contribution in [-0.2, 0) is 6.42 Å². The van der Waals surface area contributed by atoms with Crippen LogP contribution in [0.25, 0.3) is 10.8 Å². The number of carbonyl (C=O) groups excluding carboxylic acids is 2. The molecular formula is C22H22N2O5. The Morgan fingerprint density at radius 1 is 0.759 bits per heavy atom. The van der Waals surface area contributed by atoms with Gasteiger partial charge in [-0.2, -0.15) is 0 Å². The van der Waals surface area contributed by atoms with Gasteiger partial charge in [0.25, 0.3) is 0 Å². The zero-order valence-electron chi connectivity index (χ0n) is 16.4. The van der Waals surface area contributed by atoms with E-state index in [1.165, 1.54) is 21.2 Å². The number of carbonyl (C=O) groups is 2. The first-order valence-electron chi connectivity index (χ1n) is 9.03. The maximum atomic E-state index is 12.1. The number of benzene rings is 3. The van der Waals surface area contributed by atoms with Crippen LogP contribution in [0.2, 0.25) is 0 Å². The maximum absolute atomic E-state index is 12.1. The van der Waals surface area contributed by atoms with Crippen LogP contribution in [0.3, 0.4) is 0 Å². The minimum absolute atomic E-state index is 0.262. The summed E-state index contributed by atoms with van der Waals surface area (Å²) in [6.07, 6.45) is -0.823. The van der Waals surface area contributed by atoms with Crippen LogP contribution in [0.1, 0.15) is 11.1 Å². The summed E-state index contributed by atoms with van der Waals surface area (Å²) in [5.41, 5.74) is 1.58. The molecule has 0 bridgehead atoms. The van der Waals surface area contributed by atoms with Gasteiger partial charge < -0.3 is 24.8 Å². The maximum Gasteiger partial charge on any atom is 0.412 e. The third-order valence-corrected chi connectivity index (χ3v) is 4.40. The van der Waals surface area contributed by atoms with E-state index in [1.807, 2.05) is 36.4 Å². The van der Waals surface area contributed by atoms with Crippen molar-refractivity contribution in [2.45, 2.75) is 6.42 Å². The van der Waals surface area contributed by atoms with Crippen molar-refractivity contribution >= 4 is 23.0 Å². The summed E-state index contributed by atoms with van der Waals surface area (Å²) in [6.45, 7) is 0. The van der Waals surface area contributed by atoms with Crippen LogP contribution >= 0.6 is 0 Å². The molecule has 0 saturated carbocycles. The van der Waals surface area contributed by atoms with E-state index in [2.05, 4.69) is 10.6 Å². The molecular weight excluding hydrogens is 372 g/mol.